The van der Waals surface area contributed by atoms with Crippen molar-refractivity contribution in [2.45, 2.75) is 79.9 Å². The van der Waals surface area contributed by atoms with Crippen molar-refractivity contribution < 1.29 is 28.8 Å². The molecule has 7 heteroatoms. The summed E-state index contributed by atoms with van der Waals surface area (Å²) in [6.45, 7) is 4.77. The first-order valence-corrected chi connectivity index (χ1v) is 10.5. The third-order valence-corrected chi connectivity index (χ3v) is 6.23. The molecule has 1 aromatic rings. The van der Waals surface area contributed by atoms with Crippen LogP contribution in [0.5, 0.6) is 0 Å². The number of rotatable bonds is 4. The van der Waals surface area contributed by atoms with E-state index in [0.717, 1.165) is 24.2 Å². The van der Waals surface area contributed by atoms with Crippen molar-refractivity contribution in [3.05, 3.63) is 30.3 Å². The molecule has 4 rings (SSSR count). The van der Waals surface area contributed by atoms with E-state index in [2.05, 4.69) is 0 Å². The SMILES string of the molecule is CC1(C)OC[C@H]2O[C@@H](Sc3ccccc3)[C@H](OC3CCCCO3)[C@@H](O)[C@@H]2O1. The number of ether oxygens (including phenoxy) is 5. The zero-order valence-electron chi connectivity index (χ0n) is 15.8. The topological polar surface area (TPSA) is 66.4 Å². The minimum absolute atomic E-state index is 0.315. The van der Waals surface area contributed by atoms with Crippen LogP contribution in [0.3, 0.4) is 0 Å². The van der Waals surface area contributed by atoms with Gasteiger partial charge in [-0.1, -0.05) is 30.0 Å². The van der Waals surface area contributed by atoms with E-state index in [1.807, 2.05) is 44.2 Å². The van der Waals surface area contributed by atoms with Crippen LogP contribution in [0.25, 0.3) is 0 Å². The minimum atomic E-state index is -0.821. The summed E-state index contributed by atoms with van der Waals surface area (Å²) in [7, 11) is 0. The van der Waals surface area contributed by atoms with Gasteiger partial charge in [0.15, 0.2) is 12.1 Å². The zero-order valence-corrected chi connectivity index (χ0v) is 16.6. The maximum absolute atomic E-state index is 11.1. The molecule has 0 amide bonds. The number of benzene rings is 1. The van der Waals surface area contributed by atoms with Crippen molar-refractivity contribution in [3.8, 4) is 0 Å². The highest BCUT2D eigenvalue weighted by Crippen LogP contribution is 2.40. The van der Waals surface area contributed by atoms with Gasteiger partial charge in [-0.15, -0.1) is 0 Å². The van der Waals surface area contributed by atoms with Gasteiger partial charge in [-0.25, -0.2) is 0 Å². The van der Waals surface area contributed by atoms with Crippen molar-refractivity contribution in [1.82, 2.24) is 0 Å². The maximum atomic E-state index is 11.1. The van der Waals surface area contributed by atoms with Crippen LogP contribution in [-0.4, -0.2) is 60.2 Å². The molecule has 1 aromatic carbocycles. The molecule has 0 aromatic heterocycles. The van der Waals surface area contributed by atoms with E-state index in [0.29, 0.717) is 13.2 Å². The second-order valence-electron chi connectivity index (χ2n) is 7.65. The zero-order chi connectivity index (χ0) is 18.9. The molecule has 0 saturated carbocycles. The van der Waals surface area contributed by atoms with Crippen LogP contribution in [0.1, 0.15) is 33.1 Å². The first-order valence-electron chi connectivity index (χ1n) is 9.66. The molecule has 3 fully saturated rings. The Bertz CT molecular complexity index is 606. The third-order valence-electron chi connectivity index (χ3n) is 5.07. The van der Waals surface area contributed by atoms with E-state index in [-0.39, 0.29) is 17.8 Å². The molecule has 0 radical (unpaired) electrons. The van der Waals surface area contributed by atoms with E-state index in [1.165, 1.54) is 0 Å². The van der Waals surface area contributed by atoms with Gasteiger partial charge in [0, 0.05) is 11.5 Å². The molecule has 6 nitrogen and oxygen atoms in total. The Kier molecular flexibility index (Phi) is 6.09. The maximum Gasteiger partial charge on any atom is 0.163 e. The van der Waals surface area contributed by atoms with Gasteiger partial charge in [0.05, 0.1) is 6.61 Å². The lowest BCUT2D eigenvalue weighted by Crippen LogP contribution is -2.64. The van der Waals surface area contributed by atoms with E-state index < -0.39 is 24.1 Å². The quantitative estimate of drug-likeness (QED) is 0.839. The molecular formula is C20H28O6S. The number of thioether (sulfide) groups is 1. The van der Waals surface area contributed by atoms with Gasteiger partial charge in [-0.3, -0.25) is 0 Å². The number of hydrogen-bond acceptors (Lipinski definition) is 7. The second kappa shape index (κ2) is 8.37. The predicted octanol–water partition coefficient (Wildman–Crippen LogP) is 2.93. The Morgan fingerprint density at radius 1 is 1.19 bits per heavy atom. The molecule has 3 aliphatic rings. The van der Waals surface area contributed by atoms with Crippen LogP contribution < -0.4 is 0 Å². The highest BCUT2D eigenvalue weighted by molar-refractivity contribution is 7.99. The van der Waals surface area contributed by atoms with Gasteiger partial charge in [0.1, 0.15) is 29.9 Å². The van der Waals surface area contributed by atoms with Crippen molar-refractivity contribution in [2.24, 2.45) is 0 Å². The first kappa shape index (κ1) is 19.6. The van der Waals surface area contributed by atoms with Crippen LogP contribution in [0, 0.1) is 0 Å². The number of hydrogen-bond donors (Lipinski definition) is 1. The Morgan fingerprint density at radius 3 is 2.74 bits per heavy atom. The fourth-order valence-corrected chi connectivity index (χ4v) is 4.83. The number of aliphatic hydroxyl groups excluding tert-OH is 1. The van der Waals surface area contributed by atoms with Crippen LogP contribution in [0.2, 0.25) is 0 Å². The van der Waals surface area contributed by atoms with Gasteiger partial charge in [-0.2, -0.15) is 0 Å². The minimum Gasteiger partial charge on any atom is -0.387 e. The summed E-state index contributed by atoms with van der Waals surface area (Å²) in [6.07, 6.45) is 0.434. The molecule has 1 N–H and O–H groups in total. The van der Waals surface area contributed by atoms with E-state index in [1.54, 1.807) is 11.8 Å². The predicted molar refractivity (Wildman–Crippen MR) is 100 cm³/mol. The highest BCUT2D eigenvalue weighted by Gasteiger charge is 2.52. The van der Waals surface area contributed by atoms with Gasteiger partial charge in [-0.05, 0) is 45.2 Å². The Morgan fingerprint density at radius 2 is 2.00 bits per heavy atom. The van der Waals surface area contributed by atoms with Crippen molar-refractivity contribution in [3.63, 3.8) is 0 Å². The summed E-state index contributed by atoms with van der Waals surface area (Å²) < 4.78 is 29.9. The summed E-state index contributed by atoms with van der Waals surface area (Å²) in [6, 6.07) is 10.0. The van der Waals surface area contributed by atoms with E-state index >= 15 is 0 Å². The third kappa shape index (κ3) is 4.67. The summed E-state index contributed by atoms with van der Waals surface area (Å²) in [4.78, 5) is 1.06. The average Bonchev–Trinajstić information content (AvgIpc) is 2.67. The molecule has 3 heterocycles. The molecule has 3 saturated heterocycles. The lowest BCUT2D eigenvalue weighted by Gasteiger charge is -2.50. The molecule has 150 valence electrons. The molecule has 1 unspecified atom stereocenters. The standard InChI is InChI=1S/C20H28O6S/c1-20(2)23-12-14-17(26-20)16(21)18(25-15-10-6-7-11-22-15)19(24-14)27-13-8-4-3-5-9-13/h3-5,8-9,14-19,21H,6-7,10-12H2,1-2H3/t14-,15?,16+,17-,18-,19+/m1/s1. The van der Waals surface area contributed by atoms with Gasteiger partial charge < -0.3 is 28.8 Å². The van der Waals surface area contributed by atoms with Crippen molar-refractivity contribution >= 4 is 11.8 Å². The highest BCUT2D eigenvalue weighted by atomic mass is 32.2. The Labute approximate surface area is 164 Å². The molecule has 0 aliphatic carbocycles. The monoisotopic (exact) mass is 396 g/mol. The van der Waals surface area contributed by atoms with Crippen LogP contribution in [-0.2, 0) is 23.7 Å². The van der Waals surface area contributed by atoms with Crippen molar-refractivity contribution in [1.29, 1.82) is 0 Å². The fourth-order valence-electron chi connectivity index (χ4n) is 3.69. The van der Waals surface area contributed by atoms with Crippen LogP contribution in [0.15, 0.2) is 35.2 Å². The van der Waals surface area contributed by atoms with Crippen LogP contribution >= 0.6 is 11.8 Å². The summed E-state index contributed by atoms with van der Waals surface area (Å²) in [5.41, 5.74) is -0.373. The lowest BCUT2D eigenvalue weighted by molar-refractivity contribution is -0.360. The summed E-state index contributed by atoms with van der Waals surface area (Å²) in [5.74, 6) is -0.753. The average molecular weight is 397 g/mol. The fraction of sp³-hybridized carbons (Fsp3) is 0.700. The molecule has 0 bridgehead atoms. The molecule has 27 heavy (non-hydrogen) atoms. The summed E-state index contributed by atoms with van der Waals surface area (Å²) >= 11 is 1.55. The van der Waals surface area contributed by atoms with Gasteiger partial charge >= 0.3 is 0 Å². The smallest absolute Gasteiger partial charge is 0.163 e. The van der Waals surface area contributed by atoms with E-state index in [4.69, 9.17) is 23.7 Å². The van der Waals surface area contributed by atoms with E-state index in [9.17, 15) is 5.11 Å². The molecular weight excluding hydrogens is 368 g/mol. The van der Waals surface area contributed by atoms with Gasteiger partial charge in [0.2, 0.25) is 0 Å². The number of aliphatic hydroxyl groups is 1. The summed E-state index contributed by atoms with van der Waals surface area (Å²) in [5, 5.41) is 11.1. The molecule has 3 aliphatic heterocycles. The second-order valence-corrected chi connectivity index (χ2v) is 8.83. The van der Waals surface area contributed by atoms with Crippen LogP contribution in [0.4, 0.5) is 0 Å². The molecule has 6 atom stereocenters. The number of fused-ring (bicyclic) bond motifs is 1. The Balaban J connectivity index is 1.53. The first-order chi connectivity index (χ1) is 13.0. The Hall–Kier alpha value is -0.670. The largest absolute Gasteiger partial charge is 0.387 e. The normalized spacial score (nSPS) is 38.9. The van der Waals surface area contributed by atoms with Gasteiger partial charge in [0.25, 0.3) is 0 Å². The van der Waals surface area contributed by atoms with Crippen molar-refractivity contribution in [2.75, 3.05) is 13.2 Å². The lowest BCUT2D eigenvalue weighted by atomic mass is 9.98. The molecule has 0 spiro atoms.